The van der Waals surface area contributed by atoms with Gasteiger partial charge in [0.15, 0.2) is 6.61 Å². The Morgan fingerprint density at radius 3 is 2.38 bits per heavy atom. The van der Waals surface area contributed by atoms with Gasteiger partial charge < -0.3 is 15.0 Å². The number of anilines is 2. The smallest absolute Gasteiger partial charge is 0.262 e. The molecule has 0 saturated heterocycles. The Morgan fingerprint density at radius 2 is 1.69 bits per heavy atom. The normalized spacial score (nSPS) is 10.7. The van der Waals surface area contributed by atoms with Gasteiger partial charge in [0.25, 0.3) is 11.8 Å². The van der Waals surface area contributed by atoms with Crippen LogP contribution in [0.25, 0.3) is 0 Å². The maximum atomic E-state index is 13.2. The van der Waals surface area contributed by atoms with Crippen LogP contribution >= 0.6 is 15.9 Å². The van der Waals surface area contributed by atoms with E-state index in [4.69, 9.17) is 4.74 Å². The molecular formula is C26H27BrN2O3. The van der Waals surface area contributed by atoms with E-state index in [9.17, 15) is 9.59 Å². The fourth-order valence-corrected chi connectivity index (χ4v) is 3.79. The van der Waals surface area contributed by atoms with E-state index >= 15 is 0 Å². The molecule has 0 unspecified atom stereocenters. The molecule has 0 saturated carbocycles. The van der Waals surface area contributed by atoms with Gasteiger partial charge >= 0.3 is 0 Å². The highest BCUT2D eigenvalue weighted by Gasteiger charge is 2.20. The lowest BCUT2D eigenvalue weighted by atomic mass is 10.0. The SMILES string of the molecule is CCN(C(=O)c1ccccc1NC(=O)COc1ccc(Br)cc1C(C)C)c1ccccc1. The number of nitrogens with one attached hydrogen (secondary N) is 1. The molecule has 0 heterocycles. The highest BCUT2D eigenvalue weighted by atomic mass is 79.9. The molecule has 1 N–H and O–H groups in total. The molecule has 0 aliphatic heterocycles. The van der Waals surface area contributed by atoms with Crippen molar-refractivity contribution < 1.29 is 14.3 Å². The minimum absolute atomic E-state index is 0.153. The summed E-state index contributed by atoms with van der Waals surface area (Å²) in [5, 5.41) is 2.83. The number of amides is 2. The van der Waals surface area contributed by atoms with E-state index in [1.54, 1.807) is 29.2 Å². The molecule has 0 atom stereocenters. The first-order valence-corrected chi connectivity index (χ1v) is 11.4. The van der Waals surface area contributed by atoms with Gasteiger partial charge in [-0.2, -0.15) is 0 Å². The Bertz CT molecular complexity index is 1080. The Labute approximate surface area is 197 Å². The van der Waals surface area contributed by atoms with Gasteiger partial charge in [-0.15, -0.1) is 0 Å². The minimum Gasteiger partial charge on any atom is -0.483 e. The molecule has 0 fully saturated rings. The van der Waals surface area contributed by atoms with E-state index in [-0.39, 0.29) is 24.3 Å². The topological polar surface area (TPSA) is 58.6 Å². The predicted octanol–water partition coefficient (Wildman–Crippen LogP) is 6.26. The first-order chi connectivity index (χ1) is 15.4. The van der Waals surface area contributed by atoms with Gasteiger partial charge in [0, 0.05) is 16.7 Å². The van der Waals surface area contributed by atoms with Crippen LogP contribution in [0.2, 0.25) is 0 Å². The minimum atomic E-state index is -0.328. The molecule has 5 nitrogen and oxygen atoms in total. The number of rotatable bonds is 8. The molecular weight excluding hydrogens is 468 g/mol. The molecule has 3 aromatic carbocycles. The fourth-order valence-electron chi connectivity index (χ4n) is 3.41. The van der Waals surface area contributed by atoms with Crippen LogP contribution in [-0.4, -0.2) is 25.0 Å². The molecule has 166 valence electrons. The number of benzene rings is 3. The van der Waals surface area contributed by atoms with Crippen LogP contribution in [0.1, 0.15) is 42.6 Å². The summed E-state index contributed by atoms with van der Waals surface area (Å²) in [4.78, 5) is 27.6. The van der Waals surface area contributed by atoms with Crippen LogP contribution in [0.15, 0.2) is 77.3 Å². The van der Waals surface area contributed by atoms with Crippen molar-refractivity contribution in [3.8, 4) is 5.75 Å². The molecule has 0 radical (unpaired) electrons. The second kappa shape index (κ2) is 11.0. The van der Waals surface area contributed by atoms with Gasteiger partial charge in [-0.1, -0.05) is 60.1 Å². The van der Waals surface area contributed by atoms with Gasteiger partial charge in [-0.25, -0.2) is 0 Å². The Morgan fingerprint density at radius 1 is 1.00 bits per heavy atom. The van der Waals surface area contributed by atoms with Crippen molar-refractivity contribution in [3.63, 3.8) is 0 Å². The molecule has 0 bridgehead atoms. The number of carbonyl (C=O) groups is 2. The van der Waals surface area contributed by atoms with Gasteiger partial charge in [0.1, 0.15) is 5.75 Å². The molecule has 2 amide bonds. The zero-order valence-electron chi connectivity index (χ0n) is 18.5. The monoisotopic (exact) mass is 494 g/mol. The maximum absolute atomic E-state index is 13.2. The molecule has 32 heavy (non-hydrogen) atoms. The first kappa shape index (κ1) is 23.5. The summed E-state index contributed by atoms with van der Waals surface area (Å²) in [5.74, 6) is 0.419. The summed E-state index contributed by atoms with van der Waals surface area (Å²) >= 11 is 3.47. The lowest BCUT2D eigenvalue weighted by Crippen LogP contribution is -2.32. The van der Waals surface area contributed by atoms with Crippen LogP contribution in [0, 0.1) is 0 Å². The number of carbonyl (C=O) groups excluding carboxylic acids is 2. The van der Waals surface area contributed by atoms with Crippen LogP contribution in [-0.2, 0) is 4.79 Å². The van der Waals surface area contributed by atoms with Crippen molar-refractivity contribution in [2.45, 2.75) is 26.7 Å². The maximum Gasteiger partial charge on any atom is 0.262 e. The predicted molar refractivity (Wildman–Crippen MR) is 133 cm³/mol. The Kier molecular flexibility index (Phi) is 8.06. The van der Waals surface area contributed by atoms with Crippen molar-refractivity contribution >= 4 is 39.1 Å². The largest absolute Gasteiger partial charge is 0.483 e. The van der Waals surface area contributed by atoms with Crippen molar-refractivity contribution in [1.29, 1.82) is 0 Å². The van der Waals surface area contributed by atoms with E-state index in [0.29, 0.717) is 23.5 Å². The van der Waals surface area contributed by atoms with E-state index in [0.717, 1.165) is 15.7 Å². The standard InChI is InChI=1S/C26H27BrN2O3/c1-4-29(20-10-6-5-7-11-20)26(31)21-12-8-9-13-23(21)28-25(30)17-32-24-15-14-19(27)16-22(24)18(2)3/h5-16,18H,4,17H2,1-3H3,(H,28,30). The third kappa shape index (κ3) is 5.77. The third-order valence-electron chi connectivity index (χ3n) is 5.01. The molecule has 0 aliphatic rings. The summed E-state index contributed by atoms with van der Waals surface area (Å²) in [5.41, 5.74) is 2.71. The Hall–Kier alpha value is -3.12. The summed E-state index contributed by atoms with van der Waals surface area (Å²) in [6, 6.07) is 22.2. The van der Waals surface area contributed by atoms with Gasteiger partial charge in [-0.3, -0.25) is 9.59 Å². The number of hydrogen-bond acceptors (Lipinski definition) is 3. The quantitative estimate of drug-likeness (QED) is 0.402. The van der Waals surface area contributed by atoms with E-state index in [1.807, 2.05) is 55.5 Å². The molecule has 3 rings (SSSR count). The number of nitrogens with zero attached hydrogens (tertiary/aromatic N) is 1. The lowest BCUT2D eigenvalue weighted by Gasteiger charge is -2.22. The van der Waals surface area contributed by atoms with E-state index in [1.165, 1.54) is 0 Å². The summed E-state index contributed by atoms with van der Waals surface area (Å²) in [6.45, 7) is 6.42. The van der Waals surface area contributed by atoms with Crippen molar-refractivity contribution in [3.05, 3.63) is 88.4 Å². The van der Waals surface area contributed by atoms with Crippen molar-refractivity contribution in [2.24, 2.45) is 0 Å². The molecule has 0 aromatic heterocycles. The van der Waals surface area contributed by atoms with Gasteiger partial charge in [-0.05, 0) is 60.9 Å². The number of ether oxygens (including phenoxy) is 1. The van der Waals surface area contributed by atoms with Gasteiger partial charge in [0.05, 0.1) is 11.3 Å². The van der Waals surface area contributed by atoms with Crippen LogP contribution in [0.3, 0.4) is 0 Å². The average Bonchev–Trinajstić information content (AvgIpc) is 2.79. The third-order valence-corrected chi connectivity index (χ3v) is 5.51. The molecule has 0 spiro atoms. The summed E-state index contributed by atoms with van der Waals surface area (Å²) < 4.78 is 6.76. The highest BCUT2D eigenvalue weighted by molar-refractivity contribution is 9.10. The number of halogens is 1. The second-order valence-electron chi connectivity index (χ2n) is 7.60. The molecule has 3 aromatic rings. The summed E-state index contributed by atoms with van der Waals surface area (Å²) in [6.07, 6.45) is 0. The average molecular weight is 495 g/mol. The van der Waals surface area contributed by atoms with E-state index in [2.05, 4.69) is 35.1 Å². The first-order valence-electron chi connectivity index (χ1n) is 10.6. The fraction of sp³-hybridized carbons (Fsp3) is 0.231. The van der Waals surface area contributed by atoms with Crippen molar-refractivity contribution in [1.82, 2.24) is 0 Å². The number of hydrogen-bond donors (Lipinski definition) is 1. The van der Waals surface area contributed by atoms with Crippen LogP contribution < -0.4 is 15.0 Å². The molecule has 6 heteroatoms. The van der Waals surface area contributed by atoms with Gasteiger partial charge in [0.2, 0.25) is 0 Å². The number of para-hydroxylation sites is 2. The van der Waals surface area contributed by atoms with E-state index < -0.39 is 0 Å². The Balaban J connectivity index is 1.74. The highest BCUT2D eigenvalue weighted by Crippen LogP contribution is 2.29. The second-order valence-corrected chi connectivity index (χ2v) is 8.52. The van der Waals surface area contributed by atoms with Crippen LogP contribution in [0.4, 0.5) is 11.4 Å². The van der Waals surface area contributed by atoms with Crippen LogP contribution in [0.5, 0.6) is 5.75 Å². The zero-order valence-corrected chi connectivity index (χ0v) is 20.1. The summed E-state index contributed by atoms with van der Waals surface area (Å²) in [7, 11) is 0. The lowest BCUT2D eigenvalue weighted by molar-refractivity contribution is -0.118. The molecule has 0 aliphatic carbocycles. The van der Waals surface area contributed by atoms with Crippen molar-refractivity contribution in [2.75, 3.05) is 23.4 Å². The zero-order chi connectivity index (χ0) is 23.1.